The first kappa shape index (κ1) is 19.5. The van der Waals surface area contributed by atoms with Gasteiger partial charge in [-0.2, -0.15) is 0 Å². The summed E-state index contributed by atoms with van der Waals surface area (Å²) in [4.78, 5) is 22.7. The summed E-state index contributed by atoms with van der Waals surface area (Å²) in [7, 11) is 0. The van der Waals surface area contributed by atoms with E-state index in [1.807, 2.05) is 24.6 Å². The Kier molecular flexibility index (Phi) is 5.78. The van der Waals surface area contributed by atoms with Gasteiger partial charge in [0.15, 0.2) is 0 Å². The molecule has 2 aliphatic heterocycles. The van der Waals surface area contributed by atoms with Crippen molar-refractivity contribution in [1.82, 2.24) is 14.8 Å². The molecule has 2 fully saturated rings. The fourth-order valence-electron chi connectivity index (χ4n) is 4.74. The van der Waals surface area contributed by atoms with Crippen LogP contribution >= 0.6 is 11.3 Å². The molecule has 28 heavy (non-hydrogen) atoms. The van der Waals surface area contributed by atoms with Crippen LogP contribution in [0.25, 0.3) is 0 Å². The van der Waals surface area contributed by atoms with Crippen LogP contribution in [0.3, 0.4) is 0 Å². The van der Waals surface area contributed by atoms with Crippen molar-refractivity contribution in [2.75, 3.05) is 26.2 Å². The highest BCUT2D eigenvalue weighted by molar-refractivity contribution is 7.09. The minimum atomic E-state index is -0.122. The van der Waals surface area contributed by atoms with Crippen LogP contribution in [-0.4, -0.2) is 46.9 Å². The third-order valence-corrected chi connectivity index (χ3v) is 7.29. The van der Waals surface area contributed by atoms with E-state index < -0.39 is 0 Å². The lowest BCUT2D eigenvalue weighted by Crippen LogP contribution is -2.45. The second-order valence-corrected chi connectivity index (χ2v) is 9.27. The molecule has 1 unspecified atom stereocenters. The number of carbonyl (C=O) groups is 1. The maximum atomic E-state index is 14.0. The molecule has 4 rings (SSSR count). The smallest absolute Gasteiger partial charge is 0.222 e. The fourth-order valence-corrected chi connectivity index (χ4v) is 5.52. The zero-order valence-electron chi connectivity index (χ0n) is 16.5. The number of aryl methyl sites for hydroxylation is 2. The quantitative estimate of drug-likeness (QED) is 0.759. The van der Waals surface area contributed by atoms with Gasteiger partial charge in [0.1, 0.15) is 5.82 Å². The van der Waals surface area contributed by atoms with E-state index in [1.54, 1.807) is 17.4 Å². The van der Waals surface area contributed by atoms with Crippen LogP contribution in [0.2, 0.25) is 0 Å². The lowest BCUT2D eigenvalue weighted by molar-refractivity contribution is -0.130. The van der Waals surface area contributed by atoms with E-state index in [1.165, 1.54) is 17.4 Å². The molecule has 4 nitrogen and oxygen atoms in total. The number of carbonyl (C=O) groups excluding carboxylic acids is 1. The van der Waals surface area contributed by atoms with Crippen LogP contribution in [0.5, 0.6) is 0 Å². The molecule has 6 heteroatoms. The first-order chi connectivity index (χ1) is 13.5. The van der Waals surface area contributed by atoms with Gasteiger partial charge in [-0.25, -0.2) is 9.37 Å². The topological polar surface area (TPSA) is 36.4 Å². The average molecular weight is 402 g/mol. The highest BCUT2D eigenvalue weighted by atomic mass is 32.1. The van der Waals surface area contributed by atoms with Gasteiger partial charge in [-0.05, 0) is 45.2 Å². The molecule has 1 amide bonds. The third-order valence-electron chi connectivity index (χ3n) is 6.29. The first-order valence-electron chi connectivity index (χ1n) is 10.2. The van der Waals surface area contributed by atoms with Crippen LogP contribution in [0.15, 0.2) is 29.8 Å². The SMILES string of the molecule is Cc1ncsc1CCC(=O)N1CCC2(CCCN(Cc3ccccc3F)C2)C1. The monoisotopic (exact) mass is 401 g/mol. The molecule has 1 aromatic heterocycles. The van der Waals surface area contributed by atoms with Crippen molar-refractivity contribution >= 4 is 17.2 Å². The number of piperidine rings is 1. The van der Waals surface area contributed by atoms with Gasteiger partial charge in [0, 0.05) is 48.5 Å². The van der Waals surface area contributed by atoms with Crippen molar-refractivity contribution < 1.29 is 9.18 Å². The number of hydrogen-bond donors (Lipinski definition) is 0. The number of aromatic nitrogens is 1. The molecule has 0 radical (unpaired) electrons. The Morgan fingerprint density at radius 2 is 2.11 bits per heavy atom. The summed E-state index contributed by atoms with van der Waals surface area (Å²) in [6.45, 7) is 6.34. The summed E-state index contributed by atoms with van der Waals surface area (Å²) < 4.78 is 14.0. The molecular weight excluding hydrogens is 373 g/mol. The van der Waals surface area contributed by atoms with Gasteiger partial charge in [0.2, 0.25) is 5.91 Å². The van der Waals surface area contributed by atoms with Crippen molar-refractivity contribution in [3.63, 3.8) is 0 Å². The Hall–Kier alpha value is -1.79. The summed E-state index contributed by atoms with van der Waals surface area (Å²) >= 11 is 1.64. The first-order valence-corrected chi connectivity index (χ1v) is 11.1. The van der Waals surface area contributed by atoms with Gasteiger partial charge >= 0.3 is 0 Å². The molecule has 150 valence electrons. The van der Waals surface area contributed by atoms with Crippen molar-refractivity contribution in [2.45, 2.75) is 45.6 Å². The molecule has 2 saturated heterocycles. The Morgan fingerprint density at radius 1 is 1.25 bits per heavy atom. The highest BCUT2D eigenvalue weighted by Gasteiger charge is 2.42. The highest BCUT2D eigenvalue weighted by Crippen LogP contribution is 2.39. The van der Waals surface area contributed by atoms with Gasteiger partial charge in [-0.1, -0.05) is 18.2 Å². The predicted octanol–water partition coefficient (Wildman–Crippen LogP) is 4.04. The zero-order valence-corrected chi connectivity index (χ0v) is 17.3. The number of benzene rings is 1. The Balaban J connectivity index is 1.33. The van der Waals surface area contributed by atoms with E-state index in [9.17, 15) is 9.18 Å². The summed E-state index contributed by atoms with van der Waals surface area (Å²) in [5.41, 5.74) is 3.85. The van der Waals surface area contributed by atoms with Crippen LogP contribution < -0.4 is 0 Å². The molecule has 0 saturated carbocycles. The van der Waals surface area contributed by atoms with E-state index in [-0.39, 0.29) is 17.1 Å². The van der Waals surface area contributed by atoms with Crippen molar-refractivity contribution in [1.29, 1.82) is 0 Å². The van der Waals surface area contributed by atoms with Crippen LogP contribution in [0, 0.1) is 18.2 Å². The van der Waals surface area contributed by atoms with Crippen molar-refractivity contribution in [3.8, 4) is 0 Å². The molecule has 1 atom stereocenters. The van der Waals surface area contributed by atoms with E-state index in [4.69, 9.17) is 0 Å². The van der Waals surface area contributed by atoms with Gasteiger partial charge in [-0.3, -0.25) is 9.69 Å². The second-order valence-electron chi connectivity index (χ2n) is 8.33. The molecule has 1 spiro atoms. The number of nitrogens with zero attached hydrogens (tertiary/aromatic N) is 3. The summed E-state index contributed by atoms with van der Waals surface area (Å²) in [6, 6.07) is 7.06. The van der Waals surface area contributed by atoms with Crippen LogP contribution in [0.1, 0.15) is 41.8 Å². The Bertz CT molecular complexity index is 839. The minimum absolute atomic E-state index is 0.122. The Morgan fingerprint density at radius 3 is 2.89 bits per heavy atom. The van der Waals surface area contributed by atoms with E-state index >= 15 is 0 Å². The summed E-state index contributed by atoms with van der Waals surface area (Å²) in [5.74, 6) is 0.139. The maximum absolute atomic E-state index is 14.0. The van der Waals surface area contributed by atoms with Gasteiger partial charge in [0.25, 0.3) is 0 Å². The Labute approximate surface area is 170 Å². The largest absolute Gasteiger partial charge is 0.342 e. The minimum Gasteiger partial charge on any atom is -0.342 e. The maximum Gasteiger partial charge on any atom is 0.222 e. The van der Waals surface area contributed by atoms with E-state index in [0.717, 1.165) is 56.7 Å². The van der Waals surface area contributed by atoms with Gasteiger partial charge in [-0.15, -0.1) is 11.3 Å². The number of amides is 1. The normalized spacial score (nSPS) is 22.9. The predicted molar refractivity (Wildman–Crippen MR) is 110 cm³/mol. The molecule has 0 bridgehead atoms. The molecule has 1 aromatic carbocycles. The fraction of sp³-hybridized carbons (Fsp3) is 0.545. The number of halogens is 1. The lowest BCUT2D eigenvalue weighted by atomic mass is 9.79. The van der Waals surface area contributed by atoms with E-state index in [0.29, 0.717) is 13.0 Å². The zero-order chi connectivity index (χ0) is 19.6. The lowest BCUT2D eigenvalue weighted by Gasteiger charge is -2.40. The molecule has 0 aliphatic carbocycles. The third kappa shape index (κ3) is 4.28. The van der Waals surface area contributed by atoms with Gasteiger partial charge in [0.05, 0.1) is 11.2 Å². The molecule has 2 aromatic rings. The van der Waals surface area contributed by atoms with Crippen LogP contribution in [-0.2, 0) is 17.8 Å². The number of thiazole rings is 1. The molecule has 3 heterocycles. The second kappa shape index (κ2) is 8.29. The van der Waals surface area contributed by atoms with Gasteiger partial charge < -0.3 is 4.90 Å². The van der Waals surface area contributed by atoms with E-state index in [2.05, 4.69) is 14.8 Å². The summed E-state index contributed by atoms with van der Waals surface area (Å²) in [5, 5.41) is 0. The standard InChI is InChI=1S/C22H28FN3OS/c1-17-20(28-16-24-17)7-8-21(27)26-12-10-22(15-26)9-4-11-25(14-22)13-18-5-2-3-6-19(18)23/h2-3,5-6,16H,4,7-15H2,1H3. The van der Waals surface area contributed by atoms with Crippen molar-refractivity contribution in [3.05, 3.63) is 51.7 Å². The summed E-state index contributed by atoms with van der Waals surface area (Å²) in [6.07, 6.45) is 4.71. The molecule has 0 N–H and O–H groups in total. The molecular formula is C22H28FN3OS. The average Bonchev–Trinajstić information content (AvgIpc) is 3.28. The van der Waals surface area contributed by atoms with Crippen LogP contribution in [0.4, 0.5) is 4.39 Å². The number of rotatable bonds is 5. The van der Waals surface area contributed by atoms with Crippen molar-refractivity contribution in [2.24, 2.45) is 5.41 Å². The number of likely N-dealkylation sites (tertiary alicyclic amines) is 2. The number of hydrogen-bond acceptors (Lipinski definition) is 4. The molecule has 2 aliphatic rings.